The molecule has 0 fully saturated rings. The molecule has 0 unspecified atom stereocenters. The predicted octanol–water partition coefficient (Wildman–Crippen LogP) is 1.60. The van der Waals surface area contributed by atoms with Crippen molar-refractivity contribution in [3.05, 3.63) is 11.7 Å². The lowest BCUT2D eigenvalue weighted by Gasteiger charge is -2.04. The molecule has 0 aliphatic heterocycles. The van der Waals surface area contributed by atoms with E-state index in [-0.39, 0.29) is 31.2 Å². The Morgan fingerprint density at radius 2 is 2.19 bits per heavy atom. The highest BCUT2D eigenvalue weighted by Gasteiger charge is 2.27. The van der Waals surface area contributed by atoms with Gasteiger partial charge in [-0.05, 0) is 0 Å². The zero-order valence-corrected chi connectivity index (χ0v) is 8.12. The molecule has 0 aliphatic rings. The number of aryl methyl sites for hydroxylation is 1. The third kappa shape index (κ3) is 4.75. The van der Waals surface area contributed by atoms with Gasteiger partial charge in [-0.15, -0.1) is 0 Å². The zero-order chi connectivity index (χ0) is 12.0. The Labute approximate surface area is 88.8 Å². The quantitative estimate of drug-likeness (QED) is 0.775. The van der Waals surface area contributed by atoms with Crippen LogP contribution in [0.1, 0.15) is 18.1 Å². The molecule has 1 aromatic rings. The lowest BCUT2D eigenvalue weighted by atomic mass is 10.3. The van der Waals surface area contributed by atoms with Gasteiger partial charge in [-0.1, -0.05) is 5.16 Å². The van der Waals surface area contributed by atoms with Crippen LogP contribution in [-0.2, 0) is 17.8 Å². The van der Waals surface area contributed by atoms with Gasteiger partial charge in [-0.25, -0.2) is 0 Å². The molecule has 1 heterocycles. The minimum atomic E-state index is -4.37. The summed E-state index contributed by atoms with van der Waals surface area (Å²) in [5.41, 5.74) is 0. The average Bonchev–Trinajstić information content (AvgIpc) is 2.61. The van der Waals surface area contributed by atoms with Crippen LogP contribution in [0.25, 0.3) is 0 Å². The maximum absolute atomic E-state index is 11.7. The maximum atomic E-state index is 11.7. The molecule has 0 atom stereocenters. The predicted molar refractivity (Wildman–Crippen MR) is 43.9 cm³/mol. The summed E-state index contributed by atoms with van der Waals surface area (Å²) >= 11 is 0. The van der Waals surface area contributed by atoms with E-state index in [0.717, 1.165) is 0 Å². The van der Waals surface area contributed by atoms with Gasteiger partial charge in [-0.3, -0.25) is 0 Å². The second kappa shape index (κ2) is 5.46. The number of rotatable bonds is 5. The van der Waals surface area contributed by atoms with Crippen molar-refractivity contribution in [2.24, 2.45) is 0 Å². The van der Waals surface area contributed by atoms with E-state index < -0.39 is 12.8 Å². The maximum Gasteiger partial charge on any atom is 0.411 e. The van der Waals surface area contributed by atoms with E-state index in [2.05, 4.69) is 19.4 Å². The number of aromatic nitrogens is 2. The third-order valence-electron chi connectivity index (χ3n) is 1.46. The molecule has 0 spiro atoms. The van der Waals surface area contributed by atoms with Crippen LogP contribution in [0.2, 0.25) is 0 Å². The van der Waals surface area contributed by atoms with Gasteiger partial charge >= 0.3 is 6.18 Å². The van der Waals surface area contributed by atoms with Crippen molar-refractivity contribution < 1.29 is 22.4 Å². The summed E-state index contributed by atoms with van der Waals surface area (Å²) in [6.07, 6.45) is -3.87. The second-order valence-corrected chi connectivity index (χ2v) is 2.87. The van der Waals surface area contributed by atoms with Gasteiger partial charge in [0.05, 0.1) is 6.07 Å². The molecular formula is C8H8F3N3O2. The van der Waals surface area contributed by atoms with Crippen molar-refractivity contribution in [2.45, 2.75) is 25.6 Å². The Hall–Kier alpha value is -1.62. The summed E-state index contributed by atoms with van der Waals surface area (Å²) < 4.78 is 44.1. The largest absolute Gasteiger partial charge is 0.411 e. The lowest BCUT2D eigenvalue weighted by molar-refractivity contribution is -0.177. The molecule has 1 aromatic heterocycles. The fraction of sp³-hybridized carbons (Fsp3) is 0.625. The summed E-state index contributed by atoms with van der Waals surface area (Å²) in [7, 11) is 0. The van der Waals surface area contributed by atoms with Gasteiger partial charge in [0, 0.05) is 12.8 Å². The van der Waals surface area contributed by atoms with E-state index in [0.29, 0.717) is 0 Å². The van der Waals surface area contributed by atoms with Crippen LogP contribution in [0.5, 0.6) is 0 Å². The Morgan fingerprint density at radius 1 is 1.44 bits per heavy atom. The minimum absolute atomic E-state index is 0.0391. The first-order valence-corrected chi connectivity index (χ1v) is 4.34. The molecule has 0 aromatic carbocycles. The number of ether oxygens (including phenoxy) is 1. The molecule has 1 rings (SSSR count). The summed E-state index contributed by atoms with van der Waals surface area (Å²) in [5, 5.41) is 11.7. The normalized spacial score (nSPS) is 11.4. The van der Waals surface area contributed by atoms with E-state index in [1.807, 2.05) is 6.07 Å². The van der Waals surface area contributed by atoms with Gasteiger partial charge < -0.3 is 9.26 Å². The Bertz CT molecular complexity index is 369. The van der Waals surface area contributed by atoms with Gasteiger partial charge in [0.1, 0.15) is 13.2 Å². The standard InChI is InChI=1S/C8H8F3N3O2/c9-8(10,11)5-15-4-6-13-7(16-14-6)2-1-3-12/h1-2,4-5H2. The van der Waals surface area contributed by atoms with Crippen molar-refractivity contribution in [1.82, 2.24) is 10.1 Å². The average molecular weight is 235 g/mol. The summed E-state index contributed by atoms with van der Waals surface area (Å²) in [6.45, 7) is -1.72. The molecule has 16 heavy (non-hydrogen) atoms. The van der Waals surface area contributed by atoms with Crippen LogP contribution in [0.4, 0.5) is 13.2 Å². The van der Waals surface area contributed by atoms with Crippen molar-refractivity contribution in [3.63, 3.8) is 0 Å². The number of alkyl halides is 3. The van der Waals surface area contributed by atoms with Crippen molar-refractivity contribution in [3.8, 4) is 6.07 Å². The zero-order valence-electron chi connectivity index (χ0n) is 8.12. The van der Waals surface area contributed by atoms with E-state index in [1.165, 1.54) is 0 Å². The molecule has 0 radical (unpaired) electrons. The highest BCUT2D eigenvalue weighted by Crippen LogP contribution is 2.15. The Morgan fingerprint density at radius 3 is 2.81 bits per heavy atom. The number of nitriles is 1. The molecule has 0 bridgehead atoms. The van der Waals surface area contributed by atoms with Crippen molar-refractivity contribution in [2.75, 3.05) is 6.61 Å². The Kier molecular flexibility index (Phi) is 4.25. The number of nitrogens with zero attached hydrogens (tertiary/aromatic N) is 3. The molecule has 88 valence electrons. The molecule has 0 saturated carbocycles. The molecule has 0 saturated heterocycles. The monoisotopic (exact) mass is 235 g/mol. The smallest absolute Gasteiger partial charge is 0.364 e. The molecule has 0 amide bonds. The topological polar surface area (TPSA) is 71.9 Å². The van der Waals surface area contributed by atoms with Gasteiger partial charge in [0.15, 0.2) is 5.82 Å². The Balaban J connectivity index is 2.32. The van der Waals surface area contributed by atoms with Crippen LogP contribution in [0.15, 0.2) is 4.52 Å². The van der Waals surface area contributed by atoms with Gasteiger partial charge in [0.2, 0.25) is 5.89 Å². The molecule has 0 aliphatic carbocycles. The molecule has 0 N–H and O–H groups in total. The van der Waals surface area contributed by atoms with Gasteiger partial charge in [-0.2, -0.15) is 23.4 Å². The van der Waals surface area contributed by atoms with Crippen LogP contribution in [0, 0.1) is 11.3 Å². The van der Waals surface area contributed by atoms with E-state index in [1.54, 1.807) is 0 Å². The second-order valence-electron chi connectivity index (χ2n) is 2.87. The highest BCUT2D eigenvalue weighted by atomic mass is 19.4. The van der Waals surface area contributed by atoms with E-state index in [9.17, 15) is 13.2 Å². The summed E-state index contributed by atoms with van der Waals surface area (Å²) in [4.78, 5) is 3.75. The van der Waals surface area contributed by atoms with Crippen LogP contribution in [0.3, 0.4) is 0 Å². The van der Waals surface area contributed by atoms with Crippen LogP contribution in [-0.4, -0.2) is 22.9 Å². The van der Waals surface area contributed by atoms with E-state index in [4.69, 9.17) is 5.26 Å². The van der Waals surface area contributed by atoms with Crippen molar-refractivity contribution in [1.29, 1.82) is 5.26 Å². The van der Waals surface area contributed by atoms with Crippen LogP contribution < -0.4 is 0 Å². The first-order valence-electron chi connectivity index (χ1n) is 4.34. The lowest BCUT2D eigenvalue weighted by Crippen LogP contribution is -2.16. The first-order chi connectivity index (χ1) is 7.51. The highest BCUT2D eigenvalue weighted by molar-refractivity contribution is 4.87. The van der Waals surface area contributed by atoms with Crippen molar-refractivity contribution >= 4 is 0 Å². The molecule has 8 heteroatoms. The SMILES string of the molecule is N#CCCc1nc(COCC(F)(F)F)no1. The summed E-state index contributed by atoms with van der Waals surface area (Å²) in [6, 6.07) is 1.88. The first kappa shape index (κ1) is 12.4. The van der Waals surface area contributed by atoms with Crippen LogP contribution >= 0.6 is 0 Å². The fourth-order valence-corrected chi connectivity index (χ4v) is 0.871. The minimum Gasteiger partial charge on any atom is -0.364 e. The van der Waals surface area contributed by atoms with Gasteiger partial charge in [0.25, 0.3) is 0 Å². The number of hydrogen-bond acceptors (Lipinski definition) is 5. The fourth-order valence-electron chi connectivity index (χ4n) is 0.871. The van der Waals surface area contributed by atoms with E-state index >= 15 is 0 Å². The summed E-state index contributed by atoms with van der Waals surface area (Å²) in [5.74, 6) is 0.254. The number of hydrogen-bond donors (Lipinski definition) is 0. The molecular weight excluding hydrogens is 227 g/mol. The number of halogens is 3. The molecule has 5 nitrogen and oxygen atoms in total. The third-order valence-corrected chi connectivity index (χ3v) is 1.46.